The lowest BCUT2D eigenvalue weighted by molar-refractivity contribution is 0.366. The molecule has 0 amide bonds. The van der Waals surface area contributed by atoms with E-state index in [0.717, 1.165) is 17.8 Å². The molecule has 0 heteroatoms. The van der Waals surface area contributed by atoms with E-state index in [-0.39, 0.29) is 0 Å². The van der Waals surface area contributed by atoms with Crippen molar-refractivity contribution in [1.82, 2.24) is 0 Å². The van der Waals surface area contributed by atoms with Gasteiger partial charge < -0.3 is 0 Å². The molecule has 1 saturated carbocycles. The van der Waals surface area contributed by atoms with Crippen molar-refractivity contribution in [3.05, 3.63) is 47.1 Å². The van der Waals surface area contributed by atoms with Crippen LogP contribution in [-0.4, -0.2) is 0 Å². The second-order valence-electron chi connectivity index (χ2n) is 15.9. The molecule has 230 valence electrons. The standard InChI is InChI=1S/C40H70/c1-31(19-13-21-33(3)25-27-37-35(5)23-15-29-39(37,7)8)17-11-12-18-32(2)20-14-22-34(4)26-28-38-36(6)24-16-30-40(38,9)10/h26-28,31-34H,5,11-25,29-30H2,1-4,6-10H3/b28-26+,37-27+. The van der Waals surface area contributed by atoms with E-state index in [1.807, 2.05) is 0 Å². The molecule has 4 atom stereocenters. The predicted octanol–water partition coefficient (Wildman–Crippen LogP) is 13.6. The van der Waals surface area contributed by atoms with Gasteiger partial charge in [0.15, 0.2) is 0 Å². The molecular formula is C40H70. The summed E-state index contributed by atoms with van der Waals surface area (Å²) in [5.74, 6) is 3.26. The van der Waals surface area contributed by atoms with E-state index in [0.29, 0.717) is 16.7 Å². The third kappa shape index (κ3) is 12.4. The summed E-state index contributed by atoms with van der Waals surface area (Å²) < 4.78 is 0. The Labute approximate surface area is 252 Å². The van der Waals surface area contributed by atoms with Gasteiger partial charge in [-0.3, -0.25) is 0 Å². The fraction of sp³-hybridized carbons (Fsp3) is 0.800. The average molecular weight is 551 g/mol. The first-order valence-electron chi connectivity index (χ1n) is 17.6. The third-order valence-corrected chi connectivity index (χ3v) is 10.6. The van der Waals surface area contributed by atoms with Gasteiger partial charge in [0.05, 0.1) is 0 Å². The molecule has 0 aromatic rings. The minimum atomic E-state index is 0.333. The van der Waals surface area contributed by atoms with Gasteiger partial charge in [0.25, 0.3) is 0 Å². The Hall–Kier alpha value is -1.04. The Morgan fingerprint density at radius 1 is 0.700 bits per heavy atom. The van der Waals surface area contributed by atoms with Gasteiger partial charge in [-0.1, -0.05) is 149 Å². The first kappa shape index (κ1) is 35.2. The van der Waals surface area contributed by atoms with Crippen LogP contribution in [0.15, 0.2) is 47.1 Å². The van der Waals surface area contributed by atoms with Crippen LogP contribution < -0.4 is 0 Å². The first-order chi connectivity index (χ1) is 18.8. The number of hydrogen-bond donors (Lipinski definition) is 0. The highest BCUT2D eigenvalue weighted by molar-refractivity contribution is 5.36. The molecule has 0 radical (unpaired) electrons. The molecule has 0 heterocycles. The molecule has 0 spiro atoms. The molecule has 0 N–H and O–H groups in total. The molecule has 0 aromatic heterocycles. The van der Waals surface area contributed by atoms with Gasteiger partial charge in [-0.2, -0.15) is 0 Å². The Balaban J connectivity index is 1.53. The maximum atomic E-state index is 4.38. The maximum Gasteiger partial charge on any atom is -0.0104 e. The van der Waals surface area contributed by atoms with Crippen LogP contribution in [-0.2, 0) is 0 Å². The van der Waals surface area contributed by atoms with Crippen molar-refractivity contribution >= 4 is 0 Å². The SMILES string of the molecule is C=C1CCCC(C)(C)/C1=C/CC(C)CCCC(C)CCCCC(C)CCCC(C)/C=C/C1=C(C)CCCC1(C)C. The van der Waals surface area contributed by atoms with Crippen molar-refractivity contribution in [3.8, 4) is 0 Å². The van der Waals surface area contributed by atoms with Gasteiger partial charge in [-0.25, -0.2) is 0 Å². The second-order valence-corrected chi connectivity index (χ2v) is 15.9. The first-order valence-corrected chi connectivity index (χ1v) is 17.6. The Morgan fingerprint density at radius 3 is 1.82 bits per heavy atom. The molecule has 0 nitrogen and oxygen atoms in total. The lowest BCUT2D eigenvalue weighted by Gasteiger charge is -2.35. The zero-order valence-electron chi connectivity index (χ0n) is 28.8. The van der Waals surface area contributed by atoms with Crippen molar-refractivity contribution in [2.75, 3.05) is 0 Å². The van der Waals surface area contributed by atoms with Crippen LogP contribution >= 0.6 is 0 Å². The monoisotopic (exact) mass is 551 g/mol. The Morgan fingerprint density at radius 2 is 1.23 bits per heavy atom. The van der Waals surface area contributed by atoms with Gasteiger partial charge in [0, 0.05) is 0 Å². The summed E-state index contributed by atoms with van der Waals surface area (Å²) in [4.78, 5) is 0. The third-order valence-electron chi connectivity index (χ3n) is 10.6. The summed E-state index contributed by atoms with van der Waals surface area (Å²) in [6, 6.07) is 0. The van der Waals surface area contributed by atoms with Crippen LogP contribution in [0.1, 0.15) is 171 Å². The zero-order chi connectivity index (χ0) is 29.8. The summed E-state index contributed by atoms with van der Waals surface area (Å²) >= 11 is 0. The fourth-order valence-corrected chi connectivity index (χ4v) is 7.59. The fourth-order valence-electron chi connectivity index (χ4n) is 7.59. The molecule has 1 fully saturated rings. The van der Waals surface area contributed by atoms with Crippen LogP contribution in [0.2, 0.25) is 0 Å². The summed E-state index contributed by atoms with van der Waals surface area (Å²) in [5.41, 5.74) is 6.90. The summed E-state index contributed by atoms with van der Waals surface area (Å²) in [7, 11) is 0. The molecule has 0 aliphatic heterocycles. The molecule has 4 unspecified atom stereocenters. The minimum Gasteiger partial charge on any atom is -0.0955 e. The number of rotatable bonds is 17. The van der Waals surface area contributed by atoms with E-state index in [9.17, 15) is 0 Å². The molecule has 0 saturated heterocycles. The lowest BCUT2D eigenvalue weighted by Crippen LogP contribution is -2.20. The summed E-state index contributed by atoms with van der Waals surface area (Å²) in [6.45, 7) is 26.3. The van der Waals surface area contributed by atoms with Gasteiger partial charge in [0.2, 0.25) is 0 Å². The molecule has 0 bridgehead atoms. The van der Waals surface area contributed by atoms with Crippen molar-refractivity contribution in [2.45, 2.75) is 171 Å². The van der Waals surface area contributed by atoms with Gasteiger partial charge in [-0.15, -0.1) is 0 Å². The molecule has 2 rings (SSSR count). The molecule has 2 aliphatic carbocycles. The smallest absolute Gasteiger partial charge is 0.0104 e. The highest BCUT2D eigenvalue weighted by Gasteiger charge is 2.29. The van der Waals surface area contributed by atoms with Crippen LogP contribution in [0.5, 0.6) is 0 Å². The lowest BCUT2D eigenvalue weighted by atomic mass is 9.70. The summed E-state index contributed by atoms with van der Waals surface area (Å²) in [6.07, 6.45) is 30.6. The van der Waals surface area contributed by atoms with E-state index in [1.165, 1.54) is 115 Å². The van der Waals surface area contributed by atoms with E-state index >= 15 is 0 Å². The largest absolute Gasteiger partial charge is 0.0955 e. The molecule has 40 heavy (non-hydrogen) atoms. The van der Waals surface area contributed by atoms with Crippen molar-refractivity contribution in [3.63, 3.8) is 0 Å². The normalized spacial score (nSPS) is 23.5. The van der Waals surface area contributed by atoms with Gasteiger partial charge in [-0.05, 0) is 104 Å². The Kier molecular flexibility index (Phi) is 15.1. The molecule has 0 aromatic carbocycles. The van der Waals surface area contributed by atoms with Gasteiger partial charge >= 0.3 is 0 Å². The van der Waals surface area contributed by atoms with Crippen LogP contribution in [0, 0.1) is 34.5 Å². The zero-order valence-corrected chi connectivity index (χ0v) is 28.8. The number of unbranched alkanes of at least 4 members (excludes halogenated alkanes) is 1. The maximum absolute atomic E-state index is 4.38. The van der Waals surface area contributed by atoms with Crippen molar-refractivity contribution in [1.29, 1.82) is 0 Å². The number of allylic oxidation sites excluding steroid dienone is 7. The van der Waals surface area contributed by atoms with Crippen LogP contribution in [0.3, 0.4) is 0 Å². The highest BCUT2D eigenvalue weighted by Crippen LogP contribution is 2.43. The number of hydrogen-bond acceptors (Lipinski definition) is 0. The van der Waals surface area contributed by atoms with Crippen molar-refractivity contribution < 1.29 is 0 Å². The van der Waals surface area contributed by atoms with Crippen molar-refractivity contribution in [2.24, 2.45) is 34.5 Å². The van der Waals surface area contributed by atoms with Crippen LogP contribution in [0.4, 0.5) is 0 Å². The van der Waals surface area contributed by atoms with E-state index in [4.69, 9.17) is 0 Å². The average Bonchev–Trinajstić information content (AvgIpc) is 2.85. The van der Waals surface area contributed by atoms with Crippen LogP contribution in [0.25, 0.3) is 0 Å². The van der Waals surface area contributed by atoms with E-state index in [2.05, 4.69) is 87.1 Å². The van der Waals surface area contributed by atoms with Gasteiger partial charge in [0.1, 0.15) is 0 Å². The van der Waals surface area contributed by atoms with E-state index in [1.54, 1.807) is 16.7 Å². The topological polar surface area (TPSA) is 0 Å². The Bertz CT molecular complexity index is 843. The van der Waals surface area contributed by atoms with E-state index < -0.39 is 0 Å². The molecular weight excluding hydrogens is 480 g/mol. The minimum absolute atomic E-state index is 0.333. The molecule has 2 aliphatic rings. The quantitative estimate of drug-likeness (QED) is 0.158. The summed E-state index contributed by atoms with van der Waals surface area (Å²) in [5, 5.41) is 0. The highest BCUT2D eigenvalue weighted by atomic mass is 14.3. The second kappa shape index (κ2) is 17.2. The predicted molar refractivity (Wildman–Crippen MR) is 182 cm³/mol.